The van der Waals surface area contributed by atoms with Crippen molar-refractivity contribution in [3.8, 4) is 0 Å². The molecule has 1 fully saturated rings. The van der Waals surface area contributed by atoms with E-state index in [0.29, 0.717) is 12.1 Å². The second-order valence-corrected chi connectivity index (χ2v) is 6.29. The largest absolute Gasteiger partial charge is 0.481 e. The monoisotopic (exact) mass is 325 g/mol. The van der Waals surface area contributed by atoms with Gasteiger partial charge in [0.15, 0.2) is 0 Å². The molecule has 0 saturated carbocycles. The minimum absolute atomic E-state index is 0.177. The molecule has 3 nitrogen and oxygen atoms in total. The van der Waals surface area contributed by atoms with Crippen molar-refractivity contribution in [2.45, 2.75) is 38.8 Å². The van der Waals surface area contributed by atoms with E-state index in [9.17, 15) is 4.79 Å². The summed E-state index contributed by atoms with van der Waals surface area (Å²) in [6.07, 6.45) is 1.50. The highest BCUT2D eigenvalue weighted by Gasteiger charge is 2.32. The minimum Gasteiger partial charge on any atom is -0.481 e. The topological polar surface area (TPSA) is 40.5 Å². The Morgan fingerprint density at radius 2 is 2.05 bits per heavy atom. The fourth-order valence-electron chi connectivity index (χ4n) is 2.92. The van der Waals surface area contributed by atoms with Crippen LogP contribution in [-0.2, 0) is 4.79 Å². The Hall–Kier alpha value is -0.870. The number of benzene rings is 1. The third-order valence-corrected chi connectivity index (χ3v) is 4.66. The van der Waals surface area contributed by atoms with Gasteiger partial charge in [0.25, 0.3) is 0 Å². The van der Waals surface area contributed by atoms with Crippen LogP contribution in [0.25, 0.3) is 0 Å². The number of aliphatic carboxylic acids is 1. The molecule has 3 unspecified atom stereocenters. The molecule has 3 atom stereocenters. The number of hydrogen-bond acceptors (Lipinski definition) is 2. The van der Waals surface area contributed by atoms with Gasteiger partial charge in [-0.15, -0.1) is 0 Å². The number of carboxylic acid groups (broad SMARTS) is 1. The molecule has 1 aromatic rings. The first-order chi connectivity index (χ1) is 8.99. The molecule has 0 aliphatic carbocycles. The van der Waals surface area contributed by atoms with Crippen molar-refractivity contribution in [3.05, 3.63) is 34.3 Å². The van der Waals surface area contributed by atoms with Crippen LogP contribution in [0.1, 0.15) is 38.3 Å². The normalized spacial score (nSPS) is 26.1. The molecule has 1 aromatic carbocycles. The van der Waals surface area contributed by atoms with Crippen molar-refractivity contribution in [2.75, 3.05) is 6.54 Å². The SMILES string of the molecule is CC1CC(C(=O)O)CCN1C(C)c1ccc(Br)cc1. The molecule has 4 heteroatoms. The molecule has 104 valence electrons. The first kappa shape index (κ1) is 14.5. The quantitative estimate of drug-likeness (QED) is 0.921. The maximum absolute atomic E-state index is 11.1. The highest BCUT2D eigenvalue weighted by molar-refractivity contribution is 9.10. The van der Waals surface area contributed by atoms with Gasteiger partial charge in [-0.1, -0.05) is 28.1 Å². The predicted molar refractivity (Wildman–Crippen MR) is 79.1 cm³/mol. The summed E-state index contributed by atoms with van der Waals surface area (Å²) in [4.78, 5) is 13.5. The standard InChI is InChI=1S/C15H20BrNO2/c1-10-9-13(15(18)19)7-8-17(10)11(2)12-3-5-14(16)6-4-12/h3-6,10-11,13H,7-9H2,1-2H3,(H,18,19). The molecule has 1 aliphatic heterocycles. The van der Waals surface area contributed by atoms with Crippen LogP contribution in [0.5, 0.6) is 0 Å². The summed E-state index contributed by atoms with van der Waals surface area (Å²) < 4.78 is 1.08. The maximum atomic E-state index is 11.1. The molecule has 0 spiro atoms. The van der Waals surface area contributed by atoms with Crippen LogP contribution in [-0.4, -0.2) is 28.6 Å². The van der Waals surface area contributed by atoms with Crippen LogP contribution in [0.3, 0.4) is 0 Å². The van der Waals surface area contributed by atoms with Crippen molar-refractivity contribution < 1.29 is 9.90 Å². The van der Waals surface area contributed by atoms with Crippen LogP contribution >= 0.6 is 15.9 Å². The lowest BCUT2D eigenvalue weighted by Gasteiger charge is -2.40. The lowest BCUT2D eigenvalue weighted by Crippen LogP contribution is -2.43. The molecule has 1 heterocycles. The molecule has 0 amide bonds. The van der Waals surface area contributed by atoms with E-state index in [-0.39, 0.29) is 5.92 Å². The number of rotatable bonds is 3. The van der Waals surface area contributed by atoms with Crippen LogP contribution in [0.4, 0.5) is 0 Å². The van der Waals surface area contributed by atoms with Crippen LogP contribution in [0.15, 0.2) is 28.7 Å². The second kappa shape index (κ2) is 6.06. The van der Waals surface area contributed by atoms with Crippen molar-refractivity contribution in [2.24, 2.45) is 5.92 Å². The smallest absolute Gasteiger partial charge is 0.306 e. The lowest BCUT2D eigenvalue weighted by molar-refractivity contribution is -0.144. The number of carboxylic acids is 1. The van der Waals surface area contributed by atoms with Crippen LogP contribution < -0.4 is 0 Å². The average Bonchev–Trinajstić information content (AvgIpc) is 2.38. The van der Waals surface area contributed by atoms with Crippen molar-refractivity contribution in [1.29, 1.82) is 0 Å². The van der Waals surface area contributed by atoms with Gasteiger partial charge in [-0.25, -0.2) is 0 Å². The van der Waals surface area contributed by atoms with E-state index in [1.165, 1.54) is 5.56 Å². The van der Waals surface area contributed by atoms with E-state index < -0.39 is 5.97 Å². The fraction of sp³-hybridized carbons (Fsp3) is 0.533. The third-order valence-electron chi connectivity index (χ3n) is 4.13. The number of carbonyl (C=O) groups is 1. The Morgan fingerprint density at radius 1 is 1.42 bits per heavy atom. The Morgan fingerprint density at radius 3 is 2.58 bits per heavy atom. The van der Waals surface area contributed by atoms with Crippen molar-refractivity contribution in [1.82, 2.24) is 4.90 Å². The molecule has 2 rings (SSSR count). The zero-order chi connectivity index (χ0) is 14.0. The Bertz CT molecular complexity index is 446. The fourth-order valence-corrected chi connectivity index (χ4v) is 3.19. The van der Waals surface area contributed by atoms with Gasteiger partial charge >= 0.3 is 5.97 Å². The molecule has 0 aromatic heterocycles. The summed E-state index contributed by atoms with van der Waals surface area (Å²) in [6.45, 7) is 5.18. The minimum atomic E-state index is -0.650. The molecule has 19 heavy (non-hydrogen) atoms. The molecule has 0 bridgehead atoms. The summed E-state index contributed by atoms with van der Waals surface area (Å²) in [5.41, 5.74) is 1.28. The lowest BCUT2D eigenvalue weighted by atomic mass is 9.90. The first-order valence-corrected chi connectivity index (χ1v) is 7.52. The van der Waals surface area contributed by atoms with Gasteiger partial charge in [-0.05, 0) is 50.9 Å². The Balaban J connectivity index is 2.06. The molecule has 1 saturated heterocycles. The summed E-state index contributed by atoms with van der Waals surface area (Å²) >= 11 is 3.45. The third kappa shape index (κ3) is 3.37. The zero-order valence-electron chi connectivity index (χ0n) is 11.3. The van der Waals surface area contributed by atoms with Gasteiger partial charge in [-0.2, -0.15) is 0 Å². The Labute approximate surface area is 122 Å². The van der Waals surface area contributed by atoms with Gasteiger partial charge in [0.05, 0.1) is 5.92 Å². The number of piperidine rings is 1. The highest BCUT2D eigenvalue weighted by atomic mass is 79.9. The van der Waals surface area contributed by atoms with Gasteiger partial charge in [-0.3, -0.25) is 9.69 Å². The summed E-state index contributed by atoms with van der Waals surface area (Å²) in [6, 6.07) is 9.02. The molecule has 1 N–H and O–H groups in total. The van der Waals surface area contributed by atoms with Crippen molar-refractivity contribution >= 4 is 21.9 Å². The van der Waals surface area contributed by atoms with E-state index in [1.54, 1.807) is 0 Å². The van der Waals surface area contributed by atoms with Gasteiger partial charge in [0.1, 0.15) is 0 Å². The van der Waals surface area contributed by atoms with Gasteiger partial charge < -0.3 is 5.11 Å². The van der Waals surface area contributed by atoms with Crippen LogP contribution in [0, 0.1) is 5.92 Å². The molecular formula is C15H20BrNO2. The number of nitrogens with zero attached hydrogens (tertiary/aromatic N) is 1. The van der Waals surface area contributed by atoms with E-state index in [2.05, 4.69) is 58.9 Å². The number of likely N-dealkylation sites (tertiary alicyclic amines) is 1. The maximum Gasteiger partial charge on any atom is 0.306 e. The highest BCUT2D eigenvalue weighted by Crippen LogP contribution is 2.31. The summed E-state index contributed by atoms with van der Waals surface area (Å²) in [5, 5.41) is 9.10. The first-order valence-electron chi connectivity index (χ1n) is 6.73. The molecular weight excluding hydrogens is 306 g/mol. The van der Waals surface area contributed by atoms with Crippen LogP contribution in [0.2, 0.25) is 0 Å². The van der Waals surface area contributed by atoms with E-state index in [4.69, 9.17) is 5.11 Å². The number of hydrogen-bond donors (Lipinski definition) is 1. The van der Waals surface area contributed by atoms with Gasteiger partial charge in [0.2, 0.25) is 0 Å². The average molecular weight is 326 g/mol. The predicted octanol–water partition coefficient (Wildman–Crippen LogP) is 3.70. The van der Waals surface area contributed by atoms with E-state index >= 15 is 0 Å². The molecule has 1 aliphatic rings. The second-order valence-electron chi connectivity index (χ2n) is 5.37. The zero-order valence-corrected chi connectivity index (χ0v) is 12.9. The van der Waals surface area contributed by atoms with Gasteiger partial charge in [0, 0.05) is 16.6 Å². The van der Waals surface area contributed by atoms with Crippen molar-refractivity contribution in [3.63, 3.8) is 0 Å². The summed E-state index contributed by atoms with van der Waals surface area (Å²) in [7, 11) is 0. The van der Waals surface area contributed by atoms with E-state index in [0.717, 1.165) is 23.9 Å². The summed E-state index contributed by atoms with van der Waals surface area (Å²) in [5.74, 6) is -0.828. The molecule has 0 radical (unpaired) electrons. The number of halogens is 1. The Kier molecular flexibility index (Phi) is 4.63. The van der Waals surface area contributed by atoms with E-state index in [1.807, 2.05) is 0 Å².